The molecule has 1 aromatic heterocycles. The van der Waals surface area contributed by atoms with E-state index < -0.39 is 26.6 Å². The number of carbonyl (C=O) groups excluding carboxylic acids is 1. The standard InChI is InChI=1S/C24H26F2N4O3S/c25-17-1-2-21(19(26)8-17)34(32,33)30-4-3-18-20(12-30)27-13-28-22(18)29-23(31)24-9-14-5-15(10-24)7-16(6-14)11-24/h1-2,8,13-16H,3-7,9-12H2,(H,27,28,29,31). The summed E-state index contributed by atoms with van der Waals surface area (Å²) < 4.78 is 54.6. The zero-order valence-corrected chi connectivity index (χ0v) is 19.5. The molecule has 1 N–H and O–H groups in total. The normalized spacial score (nSPS) is 30.2. The third kappa shape index (κ3) is 3.53. The van der Waals surface area contributed by atoms with Crippen molar-refractivity contribution in [1.82, 2.24) is 14.3 Å². The predicted octanol–water partition coefficient (Wildman–Crippen LogP) is 3.66. The molecule has 4 saturated carbocycles. The molecule has 5 aliphatic rings. The van der Waals surface area contributed by atoms with E-state index in [1.165, 1.54) is 25.6 Å². The van der Waals surface area contributed by atoms with Gasteiger partial charge in [0.15, 0.2) is 0 Å². The van der Waals surface area contributed by atoms with E-state index >= 15 is 0 Å². The molecule has 4 bridgehead atoms. The summed E-state index contributed by atoms with van der Waals surface area (Å²) in [7, 11) is -4.17. The quantitative estimate of drug-likeness (QED) is 0.709. The molecule has 1 aromatic carbocycles. The zero-order valence-electron chi connectivity index (χ0n) is 18.6. The average molecular weight is 489 g/mol. The minimum atomic E-state index is -4.17. The molecule has 0 atom stereocenters. The Balaban J connectivity index is 1.23. The van der Waals surface area contributed by atoms with E-state index in [-0.39, 0.29) is 30.8 Å². The number of benzene rings is 1. The van der Waals surface area contributed by atoms with Gasteiger partial charge in [0.25, 0.3) is 0 Å². The fraction of sp³-hybridized carbons (Fsp3) is 0.542. The Morgan fingerprint density at radius 3 is 2.38 bits per heavy atom. The van der Waals surface area contributed by atoms with Crippen LogP contribution in [0.15, 0.2) is 29.4 Å². The van der Waals surface area contributed by atoms with E-state index in [2.05, 4.69) is 15.3 Å². The van der Waals surface area contributed by atoms with Crippen LogP contribution in [0.5, 0.6) is 0 Å². The molecule has 0 unspecified atom stereocenters. The van der Waals surface area contributed by atoms with Crippen LogP contribution in [0.3, 0.4) is 0 Å². The van der Waals surface area contributed by atoms with E-state index in [1.54, 1.807) is 0 Å². The summed E-state index contributed by atoms with van der Waals surface area (Å²) in [6, 6.07) is 2.42. The maximum Gasteiger partial charge on any atom is 0.246 e. The van der Waals surface area contributed by atoms with Gasteiger partial charge in [0.1, 0.15) is 28.7 Å². The summed E-state index contributed by atoms with van der Waals surface area (Å²) in [6.07, 6.45) is 8.16. The summed E-state index contributed by atoms with van der Waals surface area (Å²) in [4.78, 5) is 21.5. The molecule has 1 aliphatic heterocycles. The van der Waals surface area contributed by atoms with Crippen LogP contribution in [0.1, 0.15) is 49.8 Å². The van der Waals surface area contributed by atoms with Crippen molar-refractivity contribution in [3.05, 3.63) is 47.4 Å². The molecule has 7 nitrogen and oxygen atoms in total. The van der Waals surface area contributed by atoms with Gasteiger partial charge in [-0.3, -0.25) is 4.79 Å². The minimum Gasteiger partial charge on any atom is -0.310 e. The van der Waals surface area contributed by atoms with Gasteiger partial charge < -0.3 is 5.32 Å². The van der Waals surface area contributed by atoms with E-state index in [1.807, 2.05) is 0 Å². The minimum absolute atomic E-state index is 0.0240. The van der Waals surface area contributed by atoms with Gasteiger partial charge in [0.05, 0.1) is 17.7 Å². The molecule has 0 saturated heterocycles. The lowest BCUT2D eigenvalue weighted by atomic mass is 9.49. The number of carbonyl (C=O) groups is 1. The Hall–Kier alpha value is -2.46. The molecular weight excluding hydrogens is 462 g/mol. The number of nitrogens with one attached hydrogen (secondary N) is 1. The van der Waals surface area contributed by atoms with Gasteiger partial charge >= 0.3 is 0 Å². The van der Waals surface area contributed by atoms with E-state index in [0.29, 0.717) is 40.9 Å². The first-order valence-electron chi connectivity index (χ1n) is 11.8. The third-order valence-electron chi connectivity index (χ3n) is 8.24. The molecule has 2 aromatic rings. The van der Waals surface area contributed by atoms with Gasteiger partial charge in [-0.05, 0) is 74.8 Å². The van der Waals surface area contributed by atoms with Gasteiger partial charge in [0, 0.05) is 18.2 Å². The van der Waals surface area contributed by atoms with Crippen molar-refractivity contribution in [1.29, 1.82) is 0 Å². The zero-order chi connectivity index (χ0) is 23.7. The van der Waals surface area contributed by atoms with Gasteiger partial charge in [-0.2, -0.15) is 4.31 Å². The number of fused-ring (bicyclic) bond motifs is 1. The van der Waals surface area contributed by atoms with E-state index in [4.69, 9.17) is 0 Å². The smallest absolute Gasteiger partial charge is 0.246 e. The van der Waals surface area contributed by atoms with Crippen molar-refractivity contribution in [3.8, 4) is 0 Å². The summed E-state index contributed by atoms with van der Waals surface area (Å²) in [5.74, 6) is 0.419. The second-order valence-corrected chi connectivity index (χ2v) is 12.4. The van der Waals surface area contributed by atoms with Gasteiger partial charge in [0.2, 0.25) is 15.9 Å². The van der Waals surface area contributed by atoms with Crippen LogP contribution in [-0.2, 0) is 27.8 Å². The molecule has 10 heteroatoms. The van der Waals surface area contributed by atoms with Crippen LogP contribution >= 0.6 is 0 Å². The fourth-order valence-electron chi connectivity index (χ4n) is 7.10. The summed E-state index contributed by atoms with van der Waals surface area (Å²) in [5, 5.41) is 3.07. The van der Waals surface area contributed by atoms with Crippen LogP contribution in [0, 0.1) is 34.8 Å². The van der Waals surface area contributed by atoms with E-state index in [9.17, 15) is 22.0 Å². The molecule has 0 radical (unpaired) electrons. The third-order valence-corrected chi connectivity index (χ3v) is 10.1. The topological polar surface area (TPSA) is 92.3 Å². The summed E-state index contributed by atoms with van der Waals surface area (Å²) in [6.45, 7) is 0.0109. The lowest BCUT2D eigenvalue weighted by molar-refractivity contribution is -0.140. The van der Waals surface area contributed by atoms with Crippen LogP contribution in [-0.4, -0.2) is 35.1 Å². The maximum atomic E-state index is 14.2. The molecule has 2 heterocycles. The lowest BCUT2D eigenvalue weighted by Crippen LogP contribution is -2.52. The number of aromatic nitrogens is 2. The SMILES string of the molecule is O=C(Nc1ncnc2c1CCN(S(=O)(=O)c1ccc(F)cc1F)C2)C12CC3CC(CC(C3)C1)C2. The number of hydrogen-bond donors (Lipinski definition) is 1. The maximum absolute atomic E-state index is 14.2. The Morgan fingerprint density at radius 1 is 1.06 bits per heavy atom. The highest BCUT2D eigenvalue weighted by molar-refractivity contribution is 7.89. The molecule has 34 heavy (non-hydrogen) atoms. The van der Waals surface area contributed by atoms with Gasteiger partial charge in [-0.1, -0.05) is 0 Å². The average Bonchev–Trinajstić information content (AvgIpc) is 2.77. The van der Waals surface area contributed by atoms with Crippen molar-refractivity contribution in [2.75, 3.05) is 11.9 Å². The lowest BCUT2D eigenvalue weighted by Gasteiger charge is -2.55. The highest BCUT2D eigenvalue weighted by Gasteiger charge is 2.54. The van der Waals surface area contributed by atoms with Crippen LogP contribution in [0.2, 0.25) is 0 Å². The van der Waals surface area contributed by atoms with Crippen LogP contribution in [0.4, 0.5) is 14.6 Å². The Bertz CT molecular complexity index is 1250. The first-order valence-corrected chi connectivity index (χ1v) is 13.3. The fourth-order valence-corrected chi connectivity index (χ4v) is 8.54. The number of halogens is 2. The van der Waals surface area contributed by atoms with Crippen molar-refractivity contribution in [2.24, 2.45) is 23.2 Å². The summed E-state index contributed by atoms with van der Waals surface area (Å²) in [5.41, 5.74) is 0.872. The highest BCUT2D eigenvalue weighted by atomic mass is 32.2. The Kier molecular flexibility index (Phi) is 5.04. The van der Waals surface area contributed by atoms with Crippen molar-refractivity contribution >= 4 is 21.7 Å². The molecule has 7 rings (SSSR count). The number of anilines is 1. The number of nitrogens with zero attached hydrogens (tertiary/aromatic N) is 3. The number of rotatable bonds is 4. The number of amides is 1. The molecular formula is C24H26F2N4O3S. The second-order valence-electron chi connectivity index (χ2n) is 10.5. The first kappa shape index (κ1) is 22.0. The Labute approximate surface area is 197 Å². The molecule has 180 valence electrons. The highest BCUT2D eigenvalue weighted by Crippen LogP contribution is 2.60. The van der Waals surface area contributed by atoms with Crippen molar-refractivity contribution < 1.29 is 22.0 Å². The van der Waals surface area contributed by atoms with Crippen molar-refractivity contribution in [2.45, 2.75) is 56.4 Å². The molecule has 4 aliphatic carbocycles. The molecule has 0 spiro atoms. The van der Waals surface area contributed by atoms with Crippen molar-refractivity contribution in [3.63, 3.8) is 0 Å². The number of sulfonamides is 1. The van der Waals surface area contributed by atoms with Crippen LogP contribution < -0.4 is 5.32 Å². The van der Waals surface area contributed by atoms with Gasteiger partial charge in [-0.15, -0.1) is 0 Å². The van der Waals surface area contributed by atoms with E-state index in [0.717, 1.165) is 35.7 Å². The Morgan fingerprint density at radius 2 is 1.74 bits per heavy atom. The molecule has 1 amide bonds. The monoisotopic (exact) mass is 488 g/mol. The van der Waals surface area contributed by atoms with Crippen LogP contribution in [0.25, 0.3) is 0 Å². The predicted molar refractivity (Wildman–Crippen MR) is 119 cm³/mol. The second kappa shape index (κ2) is 7.78. The number of hydrogen-bond acceptors (Lipinski definition) is 5. The summed E-state index contributed by atoms with van der Waals surface area (Å²) >= 11 is 0. The first-order chi connectivity index (χ1) is 16.2. The molecule has 4 fully saturated rings. The van der Waals surface area contributed by atoms with Gasteiger partial charge in [-0.25, -0.2) is 27.2 Å². The largest absolute Gasteiger partial charge is 0.310 e.